The first-order valence-corrected chi connectivity index (χ1v) is 11.3. The quantitative estimate of drug-likeness (QED) is 0.388. The van der Waals surface area contributed by atoms with E-state index >= 15 is 0 Å². The molecular formula is C26H26FN5O. The molecular weight excluding hydrogens is 417 g/mol. The summed E-state index contributed by atoms with van der Waals surface area (Å²) in [6.45, 7) is 3.89. The van der Waals surface area contributed by atoms with Crippen molar-refractivity contribution < 1.29 is 8.81 Å². The number of hydrogen-bond donors (Lipinski definition) is 1. The van der Waals surface area contributed by atoms with Crippen LogP contribution in [0.1, 0.15) is 37.8 Å². The first-order valence-electron chi connectivity index (χ1n) is 11.3. The van der Waals surface area contributed by atoms with Crippen LogP contribution in [0.5, 0.6) is 0 Å². The lowest BCUT2D eigenvalue weighted by Gasteiger charge is -2.24. The van der Waals surface area contributed by atoms with Gasteiger partial charge in [-0.15, -0.1) is 0 Å². The zero-order valence-electron chi connectivity index (χ0n) is 18.5. The standard InChI is InChI=1S/C26H26FN5O/c1-18(19-8-4-2-5-9-19)29-25-28-15-14-22(30-25)24-23(20-10-12-21(27)13-11-20)31-26(33-24)32-16-6-3-7-17-32/h2,4-5,8-15,18H,3,6-7,16-17H2,1H3,(H,28,29,30)/t18-/m0/s1. The fourth-order valence-electron chi connectivity index (χ4n) is 4.08. The average molecular weight is 444 g/mol. The number of rotatable bonds is 6. The lowest BCUT2D eigenvalue weighted by atomic mass is 10.1. The number of aromatic nitrogens is 3. The molecule has 0 bridgehead atoms. The summed E-state index contributed by atoms with van der Waals surface area (Å²) in [4.78, 5) is 16.1. The van der Waals surface area contributed by atoms with Gasteiger partial charge >= 0.3 is 0 Å². The van der Waals surface area contributed by atoms with Crippen LogP contribution in [0.3, 0.4) is 0 Å². The molecule has 1 fully saturated rings. The van der Waals surface area contributed by atoms with Crippen molar-refractivity contribution in [2.75, 3.05) is 23.3 Å². The van der Waals surface area contributed by atoms with Gasteiger partial charge in [-0.25, -0.2) is 14.4 Å². The van der Waals surface area contributed by atoms with Crippen LogP contribution in [0.25, 0.3) is 22.7 Å². The lowest BCUT2D eigenvalue weighted by molar-refractivity contribution is 0.497. The van der Waals surface area contributed by atoms with Crippen LogP contribution in [-0.4, -0.2) is 28.0 Å². The molecule has 3 heterocycles. The molecule has 0 radical (unpaired) electrons. The number of anilines is 2. The highest BCUT2D eigenvalue weighted by atomic mass is 19.1. The molecule has 1 atom stereocenters. The Kier molecular flexibility index (Phi) is 6.02. The SMILES string of the molecule is C[C@H](Nc1nccc(-c2oc(N3CCCCC3)nc2-c2ccc(F)cc2)n1)c1ccccc1. The number of benzene rings is 2. The first-order chi connectivity index (χ1) is 16.2. The van der Waals surface area contributed by atoms with Crippen molar-refractivity contribution in [1.29, 1.82) is 0 Å². The Hall–Kier alpha value is -3.74. The number of hydrogen-bond acceptors (Lipinski definition) is 6. The molecule has 4 aromatic rings. The molecule has 6 nitrogen and oxygen atoms in total. The monoisotopic (exact) mass is 443 g/mol. The van der Waals surface area contributed by atoms with Crippen LogP contribution in [-0.2, 0) is 0 Å². The Morgan fingerprint density at radius 2 is 1.70 bits per heavy atom. The van der Waals surface area contributed by atoms with Gasteiger partial charge in [0.15, 0.2) is 5.76 Å². The van der Waals surface area contributed by atoms with Gasteiger partial charge in [0.05, 0.1) is 6.04 Å². The van der Waals surface area contributed by atoms with E-state index in [1.54, 1.807) is 18.3 Å². The molecule has 0 aliphatic carbocycles. The van der Waals surface area contributed by atoms with Gasteiger partial charge < -0.3 is 14.6 Å². The van der Waals surface area contributed by atoms with Crippen molar-refractivity contribution in [2.45, 2.75) is 32.2 Å². The molecule has 2 aromatic carbocycles. The minimum Gasteiger partial charge on any atom is -0.421 e. The predicted octanol–water partition coefficient (Wildman–Crippen LogP) is 6.10. The smallest absolute Gasteiger partial charge is 0.298 e. The van der Waals surface area contributed by atoms with Gasteiger partial charge in [0, 0.05) is 24.8 Å². The fourth-order valence-corrected chi connectivity index (χ4v) is 4.08. The number of halogens is 1. The fraction of sp³-hybridized carbons (Fsp3) is 0.269. The maximum absolute atomic E-state index is 13.6. The van der Waals surface area contributed by atoms with Gasteiger partial charge in [-0.2, -0.15) is 4.98 Å². The Morgan fingerprint density at radius 3 is 2.45 bits per heavy atom. The van der Waals surface area contributed by atoms with E-state index < -0.39 is 0 Å². The van der Waals surface area contributed by atoms with Gasteiger partial charge in [-0.1, -0.05) is 30.3 Å². The molecule has 5 rings (SSSR count). The summed E-state index contributed by atoms with van der Waals surface area (Å²) in [6, 6.07) is 18.9. The highest BCUT2D eigenvalue weighted by molar-refractivity contribution is 5.76. The van der Waals surface area contributed by atoms with Crippen molar-refractivity contribution in [3.05, 3.63) is 78.2 Å². The molecule has 1 aliphatic rings. The molecule has 1 aliphatic heterocycles. The van der Waals surface area contributed by atoms with Crippen LogP contribution in [0.2, 0.25) is 0 Å². The maximum atomic E-state index is 13.6. The highest BCUT2D eigenvalue weighted by Crippen LogP contribution is 2.36. The van der Waals surface area contributed by atoms with E-state index in [1.165, 1.54) is 18.6 Å². The van der Waals surface area contributed by atoms with Gasteiger partial charge in [0.1, 0.15) is 17.2 Å². The number of oxazole rings is 1. The van der Waals surface area contributed by atoms with Crippen molar-refractivity contribution >= 4 is 12.0 Å². The second kappa shape index (κ2) is 9.40. The average Bonchev–Trinajstić information content (AvgIpc) is 3.31. The number of nitrogens with one attached hydrogen (secondary N) is 1. The van der Waals surface area contributed by atoms with E-state index in [9.17, 15) is 4.39 Å². The van der Waals surface area contributed by atoms with E-state index in [-0.39, 0.29) is 11.9 Å². The zero-order valence-corrected chi connectivity index (χ0v) is 18.5. The molecule has 7 heteroatoms. The van der Waals surface area contributed by atoms with Crippen molar-refractivity contribution in [1.82, 2.24) is 15.0 Å². The Balaban J connectivity index is 1.50. The van der Waals surface area contributed by atoms with Crippen LogP contribution < -0.4 is 10.2 Å². The van der Waals surface area contributed by atoms with Crippen molar-refractivity contribution in [3.8, 4) is 22.7 Å². The van der Waals surface area contributed by atoms with Crippen molar-refractivity contribution in [3.63, 3.8) is 0 Å². The van der Waals surface area contributed by atoms with Gasteiger partial charge in [0.25, 0.3) is 6.01 Å². The molecule has 2 aromatic heterocycles. The second-order valence-corrected chi connectivity index (χ2v) is 8.27. The summed E-state index contributed by atoms with van der Waals surface area (Å²) in [7, 11) is 0. The van der Waals surface area contributed by atoms with Crippen LogP contribution in [0.15, 0.2) is 71.3 Å². The van der Waals surface area contributed by atoms with Crippen LogP contribution >= 0.6 is 0 Å². The molecule has 0 saturated carbocycles. The highest BCUT2D eigenvalue weighted by Gasteiger charge is 2.23. The molecule has 1 saturated heterocycles. The Bertz CT molecular complexity index is 1200. The molecule has 33 heavy (non-hydrogen) atoms. The van der Waals surface area contributed by atoms with E-state index in [0.717, 1.165) is 37.1 Å². The second-order valence-electron chi connectivity index (χ2n) is 8.27. The maximum Gasteiger partial charge on any atom is 0.298 e. The van der Waals surface area contributed by atoms with E-state index in [0.29, 0.717) is 29.1 Å². The minimum atomic E-state index is -0.288. The molecule has 0 spiro atoms. The third-order valence-corrected chi connectivity index (χ3v) is 5.89. The Morgan fingerprint density at radius 1 is 0.939 bits per heavy atom. The summed E-state index contributed by atoms with van der Waals surface area (Å²) < 4.78 is 19.8. The largest absolute Gasteiger partial charge is 0.421 e. The summed E-state index contributed by atoms with van der Waals surface area (Å²) >= 11 is 0. The van der Waals surface area contributed by atoms with Gasteiger partial charge in [0.2, 0.25) is 5.95 Å². The summed E-state index contributed by atoms with van der Waals surface area (Å²) in [5.41, 5.74) is 3.20. The van der Waals surface area contributed by atoms with E-state index in [1.807, 2.05) is 24.3 Å². The first kappa shape index (κ1) is 21.1. The predicted molar refractivity (Wildman–Crippen MR) is 127 cm³/mol. The third-order valence-electron chi connectivity index (χ3n) is 5.89. The lowest BCUT2D eigenvalue weighted by Crippen LogP contribution is -2.29. The van der Waals surface area contributed by atoms with E-state index in [4.69, 9.17) is 14.4 Å². The third kappa shape index (κ3) is 4.72. The van der Waals surface area contributed by atoms with E-state index in [2.05, 4.69) is 34.3 Å². The minimum absolute atomic E-state index is 0.0386. The number of nitrogens with zero attached hydrogens (tertiary/aromatic N) is 4. The topological polar surface area (TPSA) is 67.1 Å². The van der Waals surface area contributed by atoms with Gasteiger partial charge in [-0.05, 0) is 62.1 Å². The van der Waals surface area contributed by atoms with Crippen LogP contribution in [0.4, 0.5) is 16.4 Å². The molecule has 0 unspecified atom stereocenters. The summed E-state index contributed by atoms with van der Waals surface area (Å²) in [5.74, 6) is 0.772. The zero-order chi connectivity index (χ0) is 22.6. The Labute approximate surface area is 192 Å². The summed E-state index contributed by atoms with van der Waals surface area (Å²) in [6.07, 6.45) is 5.15. The molecule has 1 N–H and O–H groups in total. The van der Waals surface area contributed by atoms with Gasteiger partial charge in [-0.3, -0.25) is 0 Å². The van der Waals surface area contributed by atoms with Crippen LogP contribution in [0, 0.1) is 5.82 Å². The summed E-state index contributed by atoms with van der Waals surface area (Å²) in [5, 5.41) is 3.36. The normalized spacial score (nSPS) is 14.8. The number of piperidine rings is 1. The molecule has 0 amide bonds. The molecule has 168 valence electrons. The van der Waals surface area contributed by atoms with Crippen molar-refractivity contribution in [2.24, 2.45) is 0 Å².